The van der Waals surface area contributed by atoms with E-state index in [1.54, 1.807) is 6.92 Å². The molecule has 3 heteroatoms. The van der Waals surface area contributed by atoms with Crippen molar-refractivity contribution in [2.24, 2.45) is 0 Å². The molecule has 0 heterocycles. The fraction of sp³-hybridized carbons (Fsp3) is 0.812. The first-order valence-corrected chi connectivity index (χ1v) is 8.53. The van der Waals surface area contributed by atoms with Crippen LogP contribution in [0.4, 0.5) is 0 Å². The van der Waals surface area contributed by atoms with E-state index in [0.29, 0.717) is 12.2 Å². The molecule has 0 fully saturated rings. The number of hydrogen-bond acceptors (Lipinski definition) is 2. The van der Waals surface area contributed by atoms with Crippen molar-refractivity contribution in [1.29, 1.82) is 0 Å². The van der Waals surface area contributed by atoms with Crippen molar-refractivity contribution < 1.29 is 9.53 Å². The van der Waals surface area contributed by atoms with Crippen molar-refractivity contribution in [3.63, 3.8) is 0 Å². The molecule has 0 bridgehead atoms. The zero-order chi connectivity index (χ0) is 14.3. The topological polar surface area (TPSA) is 26.3 Å². The Morgan fingerprint density at radius 1 is 0.895 bits per heavy atom. The number of unbranched alkanes of at least 4 members (excludes halogenated alkanes) is 9. The lowest BCUT2D eigenvalue weighted by atomic mass is 10.1. The molecule has 0 aliphatic heterocycles. The van der Waals surface area contributed by atoms with Gasteiger partial charge in [-0.1, -0.05) is 57.9 Å². The molecule has 0 amide bonds. The molecule has 0 radical (unpaired) electrons. The summed E-state index contributed by atoms with van der Waals surface area (Å²) in [6.07, 6.45) is 14.2. The number of rotatable bonds is 13. The number of carbonyl (C=O) groups is 1. The molecular formula is C16H31O2P. The van der Waals surface area contributed by atoms with E-state index < -0.39 is 0 Å². The molecule has 0 saturated heterocycles. The van der Waals surface area contributed by atoms with Crippen LogP contribution in [0, 0.1) is 0 Å². The largest absolute Gasteiger partial charge is 0.462 e. The first-order valence-electron chi connectivity index (χ1n) is 7.71. The predicted molar refractivity (Wildman–Crippen MR) is 86.5 cm³/mol. The predicted octanol–water partition coefficient (Wildman–Crippen LogP) is 4.88. The second-order valence-electron chi connectivity index (χ2n) is 5.24. The lowest BCUT2D eigenvalue weighted by molar-refractivity contribution is -0.139. The maximum atomic E-state index is 11.1. The highest BCUT2D eigenvalue weighted by Gasteiger charge is 2.01. The van der Waals surface area contributed by atoms with E-state index >= 15 is 0 Å². The molecule has 1 unspecified atom stereocenters. The van der Waals surface area contributed by atoms with Gasteiger partial charge in [0.05, 0.1) is 6.61 Å². The SMILES string of the molecule is C=C(C)C(=O)OCCCCCCCCCCCCP. The van der Waals surface area contributed by atoms with Crippen LogP contribution in [0.5, 0.6) is 0 Å². The van der Waals surface area contributed by atoms with E-state index in [1.807, 2.05) is 0 Å². The average molecular weight is 286 g/mol. The van der Waals surface area contributed by atoms with E-state index in [0.717, 1.165) is 12.8 Å². The summed E-state index contributed by atoms with van der Waals surface area (Å²) in [5, 5.41) is 0. The second kappa shape index (κ2) is 14.1. The van der Waals surface area contributed by atoms with Gasteiger partial charge in [-0.25, -0.2) is 4.79 Å². The molecular weight excluding hydrogens is 255 g/mol. The summed E-state index contributed by atoms with van der Waals surface area (Å²) >= 11 is 0. The normalized spacial score (nSPS) is 10.4. The molecule has 19 heavy (non-hydrogen) atoms. The van der Waals surface area contributed by atoms with Gasteiger partial charge < -0.3 is 4.74 Å². The zero-order valence-corrected chi connectivity index (χ0v) is 13.7. The molecule has 0 aromatic carbocycles. The Kier molecular flexibility index (Phi) is 13.8. The van der Waals surface area contributed by atoms with Gasteiger partial charge >= 0.3 is 5.97 Å². The lowest BCUT2D eigenvalue weighted by Gasteiger charge is -2.04. The molecule has 0 rings (SSSR count). The number of ether oxygens (including phenoxy) is 1. The fourth-order valence-corrected chi connectivity index (χ4v) is 2.24. The molecule has 2 nitrogen and oxygen atoms in total. The van der Waals surface area contributed by atoms with Gasteiger partial charge in [-0.2, -0.15) is 0 Å². The highest BCUT2D eigenvalue weighted by Crippen LogP contribution is 2.11. The summed E-state index contributed by atoms with van der Waals surface area (Å²) in [6, 6.07) is 0. The van der Waals surface area contributed by atoms with Crippen LogP contribution in [0.1, 0.15) is 71.1 Å². The molecule has 1 atom stereocenters. The van der Waals surface area contributed by atoms with Gasteiger partial charge in [0.15, 0.2) is 0 Å². The van der Waals surface area contributed by atoms with Gasteiger partial charge in [-0.15, -0.1) is 9.24 Å². The summed E-state index contributed by atoms with van der Waals surface area (Å²) < 4.78 is 5.05. The van der Waals surface area contributed by atoms with E-state index in [4.69, 9.17) is 4.74 Å². The monoisotopic (exact) mass is 286 g/mol. The summed E-state index contributed by atoms with van der Waals surface area (Å²) in [5.74, 6) is -0.259. The second-order valence-corrected chi connectivity index (χ2v) is 5.82. The Bertz CT molecular complexity index is 239. The van der Waals surface area contributed by atoms with Crippen LogP contribution in [-0.4, -0.2) is 18.7 Å². The van der Waals surface area contributed by atoms with E-state index in [1.165, 1.54) is 57.5 Å². The van der Waals surface area contributed by atoms with Crippen LogP contribution < -0.4 is 0 Å². The van der Waals surface area contributed by atoms with Crippen LogP contribution in [0.15, 0.2) is 12.2 Å². The molecule has 0 spiro atoms. The quantitative estimate of drug-likeness (QED) is 0.209. The van der Waals surface area contributed by atoms with E-state index in [9.17, 15) is 4.79 Å². The molecule has 0 saturated carbocycles. The van der Waals surface area contributed by atoms with Crippen molar-refractivity contribution in [3.05, 3.63) is 12.2 Å². The van der Waals surface area contributed by atoms with Crippen molar-refractivity contribution >= 4 is 15.2 Å². The van der Waals surface area contributed by atoms with Crippen molar-refractivity contribution in [1.82, 2.24) is 0 Å². The maximum Gasteiger partial charge on any atom is 0.333 e. The minimum atomic E-state index is -0.259. The van der Waals surface area contributed by atoms with Crippen LogP contribution >= 0.6 is 9.24 Å². The molecule has 0 N–H and O–H groups in total. The van der Waals surface area contributed by atoms with Crippen LogP contribution in [0.25, 0.3) is 0 Å². The Balaban J connectivity index is 3.07. The zero-order valence-electron chi connectivity index (χ0n) is 12.6. The lowest BCUT2D eigenvalue weighted by Crippen LogP contribution is -2.05. The fourth-order valence-electron chi connectivity index (χ4n) is 1.95. The van der Waals surface area contributed by atoms with Crippen LogP contribution in [-0.2, 0) is 9.53 Å². The summed E-state index contributed by atoms with van der Waals surface area (Å²) in [7, 11) is 2.79. The summed E-state index contributed by atoms with van der Waals surface area (Å²) in [4.78, 5) is 11.1. The standard InChI is InChI=1S/C16H31O2P/c1-15(2)16(17)18-13-11-9-7-5-3-4-6-8-10-12-14-19/h1,3-14,19H2,2H3. The highest BCUT2D eigenvalue weighted by atomic mass is 31.0. The van der Waals surface area contributed by atoms with Crippen molar-refractivity contribution in [2.75, 3.05) is 12.8 Å². The smallest absolute Gasteiger partial charge is 0.333 e. The van der Waals surface area contributed by atoms with Crippen LogP contribution in [0.3, 0.4) is 0 Å². The minimum Gasteiger partial charge on any atom is -0.462 e. The minimum absolute atomic E-state index is 0.259. The van der Waals surface area contributed by atoms with Gasteiger partial charge in [0.2, 0.25) is 0 Å². The van der Waals surface area contributed by atoms with Gasteiger partial charge in [0.25, 0.3) is 0 Å². The Morgan fingerprint density at radius 3 is 1.74 bits per heavy atom. The van der Waals surface area contributed by atoms with Gasteiger partial charge in [0.1, 0.15) is 0 Å². The van der Waals surface area contributed by atoms with Crippen molar-refractivity contribution in [3.8, 4) is 0 Å². The third-order valence-corrected chi connectivity index (χ3v) is 3.59. The van der Waals surface area contributed by atoms with Gasteiger partial charge in [-0.3, -0.25) is 0 Å². The average Bonchev–Trinajstić information content (AvgIpc) is 2.39. The maximum absolute atomic E-state index is 11.1. The van der Waals surface area contributed by atoms with Crippen LogP contribution in [0.2, 0.25) is 0 Å². The first-order chi connectivity index (χ1) is 9.18. The molecule has 0 aliphatic carbocycles. The molecule has 0 aromatic rings. The molecule has 0 aromatic heterocycles. The molecule has 0 aliphatic rings. The van der Waals surface area contributed by atoms with E-state index in [2.05, 4.69) is 15.8 Å². The third-order valence-electron chi connectivity index (χ3n) is 3.18. The number of carbonyl (C=O) groups excluding carboxylic acids is 1. The van der Waals surface area contributed by atoms with Gasteiger partial charge in [0, 0.05) is 5.57 Å². The Morgan fingerprint density at radius 2 is 1.32 bits per heavy atom. The third kappa shape index (κ3) is 13.9. The Hall–Kier alpha value is -0.360. The highest BCUT2D eigenvalue weighted by molar-refractivity contribution is 7.16. The summed E-state index contributed by atoms with van der Waals surface area (Å²) in [6.45, 7) is 5.78. The Labute approximate surface area is 121 Å². The van der Waals surface area contributed by atoms with Crippen molar-refractivity contribution in [2.45, 2.75) is 71.1 Å². The first kappa shape index (κ1) is 18.6. The summed E-state index contributed by atoms with van der Waals surface area (Å²) in [5.41, 5.74) is 0.488. The number of esters is 1. The molecule has 112 valence electrons. The van der Waals surface area contributed by atoms with E-state index in [-0.39, 0.29) is 5.97 Å². The number of hydrogen-bond donors (Lipinski definition) is 0. The van der Waals surface area contributed by atoms with Gasteiger partial charge in [-0.05, 0) is 25.9 Å².